The summed E-state index contributed by atoms with van der Waals surface area (Å²) in [5.74, 6) is -0.185. The summed E-state index contributed by atoms with van der Waals surface area (Å²) in [7, 11) is 0. The fraction of sp³-hybridized carbons (Fsp3) is 0.538. The van der Waals surface area contributed by atoms with E-state index in [-0.39, 0.29) is 17.7 Å². The van der Waals surface area contributed by atoms with Gasteiger partial charge in [-0.1, -0.05) is 6.58 Å². The first-order valence-corrected chi connectivity index (χ1v) is 6.78. The first-order chi connectivity index (χ1) is 9.97. The van der Waals surface area contributed by atoms with Crippen LogP contribution in [0, 0.1) is 5.92 Å². The highest BCUT2D eigenvalue weighted by atomic mass is 16.4. The minimum Gasteiger partial charge on any atom is -0.511 e. The van der Waals surface area contributed by atoms with Gasteiger partial charge in [-0.2, -0.15) is 4.98 Å². The number of hydrogen-bond donors (Lipinski definition) is 3. The second-order valence-electron chi connectivity index (χ2n) is 5.07. The maximum absolute atomic E-state index is 10.9. The Labute approximate surface area is 122 Å². The zero-order valence-corrected chi connectivity index (χ0v) is 11.9. The summed E-state index contributed by atoms with van der Waals surface area (Å²) in [6.07, 6.45) is 2.54. The molecule has 8 nitrogen and oxygen atoms in total. The van der Waals surface area contributed by atoms with E-state index in [1.165, 1.54) is 6.33 Å². The Kier molecular flexibility index (Phi) is 4.56. The molecule has 1 aromatic heterocycles. The number of anilines is 2. The van der Waals surface area contributed by atoms with Gasteiger partial charge in [-0.25, -0.2) is 9.97 Å². The molecule has 2 heterocycles. The highest BCUT2D eigenvalue weighted by molar-refractivity contribution is 5.70. The van der Waals surface area contributed by atoms with E-state index in [1.807, 2.05) is 4.90 Å². The van der Waals surface area contributed by atoms with Crippen LogP contribution in [-0.2, 0) is 4.79 Å². The van der Waals surface area contributed by atoms with Gasteiger partial charge in [-0.15, -0.1) is 0 Å². The normalized spacial score (nSPS) is 17.3. The van der Waals surface area contributed by atoms with E-state index in [1.54, 1.807) is 6.92 Å². The molecule has 0 amide bonds. The number of hydrogen-bond acceptors (Lipinski definition) is 7. The molecule has 0 bridgehead atoms. The molecule has 3 N–H and O–H groups in total. The molecule has 1 unspecified atom stereocenters. The Hall–Kier alpha value is -2.38. The van der Waals surface area contributed by atoms with Crippen LogP contribution < -0.4 is 10.2 Å². The first kappa shape index (κ1) is 15.0. The molecule has 0 spiro atoms. The van der Waals surface area contributed by atoms with Gasteiger partial charge in [0.25, 0.3) is 0 Å². The largest absolute Gasteiger partial charge is 0.511 e. The highest BCUT2D eigenvalue weighted by Gasteiger charge is 2.25. The summed E-state index contributed by atoms with van der Waals surface area (Å²) < 4.78 is 0. The van der Waals surface area contributed by atoms with Crippen molar-refractivity contribution in [3.05, 3.63) is 18.7 Å². The molecule has 1 aromatic rings. The zero-order chi connectivity index (χ0) is 15.4. The van der Waals surface area contributed by atoms with Crippen molar-refractivity contribution in [3.63, 3.8) is 0 Å². The highest BCUT2D eigenvalue weighted by Crippen LogP contribution is 2.21. The zero-order valence-electron chi connectivity index (χ0n) is 11.9. The average molecular weight is 293 g/mol. The van der Waals surface area contributed by atoms with Gasteiger partial charge in [0.1, 0.15) is 12.1 Å². The van der Waals surface area contributed by atoms with Gasteiger partial charge in [-0.3, -0.25) is 4.79 Å². The third kappa shape index (κ3) is 3.80. The van der Waals surface area contributed by atoms with Crippen LogP contribution in [0.3, 0.4) is 0 Å². The summed E-state index contributed by atoms with van der Waals surface area (Å²) in [5.41, 5.74) is 0. The van der Waals surface area contributed by atoms with Gasteiger partial charge in [-0.05, 0) is 19.8 Å². The lowest BCUT2D eigenvalue weighted by atomic mass is 9.97. The summed E-state index contributed by atoms with van der Waals surface area (Å²) >= 11 is 0. The van der Waals surface area contributed by atoms with Crippen LogP contribution in [0.4, 0.5) is 11.9 Å². The van der Waals surface area contributed by atoms with Crippen molar-refractivity contribution in [2.45, 2.75) is 25.8 Å². The van der Waals surface area contributed by atoms with Crippen molar-refractivity contribution in [1.29, 1.82) is 0 Å². The van der Waals surface area contributed by atoms with Crippen molar-refractivity contribution in [2.24, 2.45) is 5.92 Å². The lowest BCUT2D eigenvalue weighted by Crippen LogP contribution is -2.37. The predicted molar refractivity (Wildman–Crippen MR) is 77.3 cm³/mol. The van der Waals surface area contributed by atoms with Crippen LogP contribution in [0.2, 0.25) is 0 Å². The van der Waals surface area contributed by atoms with Crippen LogP contribution in [0.25, 0.3) is 0 Å². The van der Waals surface area contributed by atoms with Crippen LogP contribution in [0.15, 0.2) is 18.7 Å². The fourth-order valence-corrected chi connectivity index (χ4v) is 2.11. The number of carbonyl (C=O) groups is 1. The van der Waals surface area contributed by atoms with Crippen LogP contribution in [-0.4, -0.2) is 50.3 Å². The molecule has 0 saturated carbocycles. The van der Waals surface area contributed by atoms with E-state index in [9.17, 15) is 9.90 Å². The number of carboxylic acid groups (broad SMARTS) is 1. The Balaban J connectivity index is 2.01. The van der Waals surface area contributed by atoms with E-state index in [2.05, 4.69) is 26.8 Å². The van der Waals surface area contributed by atoms with E-state index < -0.39 is 5.97 Å². The molecule has 8 heteroatoms. The molecular weight excluding hydrogens is 274 g/mol. The predicted octanol–water partition coefficient (Wildman–Crippen LogP) is 1.04. The number of rotatable bonds is 5. The average Bonchev–Trinajstić information content (AvgIpc) is 2.47. The third-order valence-electron chi connectivity index (χ3n) is 3.53. The van der Waals surface area contributed by atoms with Gasteiger partial charge in [0.05, 0.1) is 12.0 Å². The topological polar surface area (TPSA) is 111 Å². The lowest BCUT2D eigenvalue weighted by Gasteiger charge is -2.30. The summed E-state index contributed by atoms with van der Waals surface area (Å²) in [6, 6.07) is -0.363. The molecule has 2 rings (SSSR count). The van der Waals surface area contributed by atoms with Crippen molar-refractivity contribution >= 4 is 17.9 Å². The van der Waals surface area contributed by atoms with E-state index in [0.717, 1.165) is 0 Å². The number of nitrogens with one attached hydrogen (secondary N) is 1. The number of nitrogens with zero attached hydrogens (tertiary/aromatic N) is 4. The Morgan fingerprint density at radius 1 is 1.43 bits per heavy atom. The van der Waals surface area contributed by atoms with Crippen molar-refractivity contribution in [3.8, 4) is 0 Å². The van der Waals surface area contributed by atoms with Gasteiger partial charge in [0.2, 0.25) is 11.9 Å². The quantitative estimate of drug-likeness (QED) is 0.691. The number of aliphatic hydroxyl groups is 1. The van der Waals surface area contributed by atoms with Crippen molar-refractivity contribution < 1.29 is 15.0 Å². The number of aliphatic carboxylic acids is 1. The second kappa shape index (κ2) is 6.38. The standard InChI is InChI=1S/C13H19N5O3/c1-8(9(2)19)16-12-14-7-15-13(17-12)18-5-3-10(4-6-18)11(20)21/h7-8,10,19H,2-6H2,1H3,(H,20,21)(H,14,15,16,17). The Bertz CT molecular complexity index is 528. The first-order valence-electron chi connectivity index (χ1n) is 6.78. The monoisotopic (exact) mass is 293 g/mol. The molecule has 1 atom stereocenters. The molecule has 1 aliphatic rings. The summed E-state index contributed by atoms with van der Waals surface area (Å²) in [5, 5.41) is 21.2. The van der Waals surface area contributed by atoms with Gasteiger partial charge >= 0.3 is 5.97 Å². The van der Waals surface area contributed by atoms with E-state index in [4.69, 9.17) is 5.11 Å². The fourth-order valence-electron chi connectivity index (χ4n) is 2.11. The lowest BCUT2D eigenvalue weighted by molar-refractivity contribution is -0.142. The summed E-state index contributed by atoms with van der Waals surface area (Å²) in [4.78, 5) is 25.3. The molecule has 1 fully saturated rings. The molecule has 21 heavy (non-hydrogen) atoms. The Morgan fingerprint density at radius 2 is 2.10 bits per heavy atom. The van der Waals surface area contributed by atoms with Gasteiger partial charge in [0.15, 0.2) is 0 Å². The smallest absolute Gasteiger partial charge is 0.306 e. The van der Waals surface area contributed by atoms with Crippen molar-refractivity contribution in [2.75, 3.05) is 23.3 Å². The van der Waals surface area contributed by atoms with Crippen LogP contribution in [0.5, 0.6) is 0 Å². The molecular formula is C13H19N5O3. The minimum atomic E-state index is -0.747. The number of piperidine rings is 1. The molecule has 0 radical (unpaired) electrons. The van der Waals surface area contributed by atoms with E-state index >= 15 is 0 Å². The molecule has 1 aliphatic heterocycles. The number of carboxylic acids is 1. The maximum atomic E-state index is 10.9. The molecule has 0 aromatic carbocycles. The molecule has 0 aliphatic carbocycles. The second-order valence-corrected chi connectivity index (χ2v) is 5.07. The number of aromatic nitrogens is 3. The van der Waals surface area contributed by atoms with Gasteiger partial charge < -0.3 is 20.4 Å². The van der Waals surface area contributed by atoms with E-state index in [0.29, 0.717) is 37.8 Å². The molecule has 114 valence electrons. The molecule has 1 saturated heterocycles. The van der Waals surface area contributed by atoms with Crippen LogP contribution in [0.1, 0.15) is 19.8 Å². The Morgan fingerprint density at radius 3 is 2.67 bits per heavy atom. The van der Waals surface area contributed by atoms with Crippen LogP contribution >= 0.6 is 0 Å². The summed E-state index contributed by atoms with van der Waals surface area (Å²) in [6.45, 7) is 6.38. The SMILES string of the molecule is C=C(O)C(C)Nc1ncnc(N2CCC(C(=O)O)CC2)n1. The van der Waals surface area contributed by atoms with Crippen molar-refractivity contribution in [1.82, 2.24) is 15.0 Å². The third-order valence-corrected chi connectivity index (χ3v) is 3.53. The minimum absolute atomic E-state index is 0.000709. The maximum Gasteiger partial charge on any atom is 0.306 e. The van der Waals surface area contributed by atoms with Gasteiger partial charge in [0, 0.05) is 13.1 Å². The number of aliphatic hydroxyl groups excluding tert-OH is 1.